The van der Waals surface area contributed by atoms with E-state index in [9.17, 15) is 23.6 Å². The van der Waals surface area contributed by atoms with E-state index < -0.39 is 37.1 Å². The summed E-state index contributed by atoms with van der Waals surface area (Å²) in [7, 11) is -1.59. The fourth-order valence-electron chi connectivity index (χ4n) is 2.48. The molecule has 1 aromatic heterocycles. The predicted molar refractivity (Wildman–Crippen MR) is 106 cm³/mol. The number of rotatable bonds is 5. The van der Waals surface area contributed by atoms with E-state index in [0.29, 0.717) is 31.6 Å². The second kappa shape index (κ2) is 14.5. The summed E-state index contributed by atoms with van der Waals surface area (Å²) in [6.07, 6.45) is 1.50. The minimum absolute atomic E-state index is 0. The Morgan fingerprint density at radius 1 is 1.12 bits per heavy atom. The molecule has 0 unspecified atom stereocenters. The Balaban J connectivity index is 0.000000617. The van der Waals surface area contributed by atoms with Gasteiger partial charge in [-0.25, -0.2) is 14.2 Å². The number of piperidine rings is 1. The van der Waals surface area contributed by atoms with Crippen LogP contribution in [0.4, 0.5) is 20.7 Å². The van der Waals surface area contributed by atoms with Crippen LogP contribution in [0.25, 0.3) is 0 Å². The molecule has 1 radical (unpaired) electrons. The fraction of sp³-hybridized carbons (Fsp3) is 0.471. The average Bonchev–Trinajstić information content (AvgIpc) is 2.64. The zero-order valence-electron chi connectivity index (χ0n) is 18.3. The standard InChI is InChI=1S/C11H15FN4O2.C6H9BO6.Na/c12-7-5-9(10(13)14-6-7)15-8-1-3-16(4-2-8)11(17)18;1-4(8)11-7(12-5(2)9)13-6(3)10;/h5-6,8,15H,1-4H2,(H2,13,14)(H,17,18);1-3H3;/q;-1;+1. The van der Waals surface area contributed by atoms with E-state index in [2.05, 4.69) is 24.3 Å². The molecule has 4 N–H and O–H groups in total. The van der Waals surface area contributed by atoms with E-state index in [-0.39, 0.29) is 41.4 Å². The number of nitrogens with one attached hydrogen (secondary N) is 1. The number of aromatic nitrogens is 1. The molecule has 1 aliphatic heterocycles. The summed E-state index contributed by atoms with van der Waals surface area (Å²) < 4.78 is 26.1. The molecule has 32 heavy (non-hydrogen) atoms. The molecule has 0 aliphatic carbocycles. The van der Waals surface area contributed by atoms with Gasteiger partial charge in [-0.1, -0.05) is 0 Å². The third kappa shape index (κ3) is 11.7. The van der Waals surface area contributed by atoms with Crippen molar-refractivity contribution in [1.82, 2.24) is 9.88 Å². The predicted octanol–water partition coefficient (Wildman–Crippen LogP) is -1.98. The van der Waals surface area contributed by atoms with Crippen molar-refractivity contribution in [3.05, 3.63) is 18.1 Å². The molecule has 0 aromatic carbocycles. The Morgan fingerprint density at radius 3 is 2.00 bits per heavy atom. The topological polar surface area (TPSA) is 170 Å². The SMILES string of the molecule is CC(=O)O[B-](OC(C)=O)OC(C)=O.Nc1ncc(F)cc1NC1CCN(C(=O)O)CC1.[Na+]. The number of likely N-dealkylation sites (tertiary alicyclic amines) is 1. The van der Waals surface area contributed by atoms with Gasteiger partial charge in [-0.05, 0) is 12.8 Å². The Kier molecular flexibility index (Phi) is 13.3. The van der Waals surface area contributed by atoms with Crippen LogP contribution < -0.4 is 40.6 Å². The molecule has 1 saturated heterocycles. The molecule has 0 bridgehead atoms. The monoisotopic (exact) mass is 465 g/mol. The van der Waals surface area contributed by atoms with Gasteiger partial charge in [-0.2, -0.15) is 0 Å². The largest absolute Gasteiger partial charge is 1.00 e. The third-order valence-corrected chi connectivity index (χ3v) is 3.80. The van der Waals surface area contributed by atoms with Crippen molar-refractivity contribution in [2.75, 3.05) is 24.1 Å². The number of anilines is 2. The molecule has 2 heterocycles. The normalized spacial score (nSPS) is 13.1. The van der Waals surface area contributed by atoms with E-state index in [1.165, 1.54) is 11.0 Å². The molecule has 0 atom stereocenters. The second-order valence-corrected chi connectivity index (χ2v) is 6.39. The van der Waals surface area contributed by atoms with Gasteiger partial charge >= 0.3 is 43.0 Å². The minimum atomic E-state index is -1.59. The van der Waals surface area contributed by atoms with Crippen LogP contribution in [0.5, 0.6) is 0 Å². The first kappa shape index (κ1) is 29.4. The van der Waals surface area contributed by atoms with Gasteiger partial charge in [-0.3, -0.25) is 14.4 Å². The summed E-state index contributed by atoms with van der Waals surface area (Å²) in [6.45, 7) is 4.23. The summed E-state index contributed by atoms with van der Waals surface area (Å²) in [4.78, 5) is 47.1. The molecule has 1 fully saturated rings. The van der Waals surface area contributed by atoms with Gasteiger partial charge in [0.2, 0.25) is 0 Å². The quantitative estimate of drug-likeness (QED) is 0.412. The number of halogens is 1. The number of carbonyl (C=O) groups is 4. The minimum Gasteiger partial charge on any atom is -0.642 e. The van der Waals surface area contributed by atoms with Gasteiger partial charge in [0, 0.05) is 46.0 Å². The maximum absolute atomic E-state index is 13.0. The summed E-state index contributed by atoms with van der Waals surface area (Å²) in [5, 5.41) is 11.9. The van der Waals surface area contributed by atoms with Crippen LogP contribution in [0.2, 0.25) is 0 Å². The van der Waals surface area contributed by atoms with Gasteiger partial charge in [0.1, 0.15) is 11.6 Å². The van der Waals surface area contributed by atoms with E-state index in [1.807, 2.05) is 0 Å². The summed E-state index contributed by atoms with van der Waals surface area (Å²) in [5.41, 5.74) is 6.10. The van der Waals surface area contributed by atoms with Gasteiger partial charge in [0.05, 0.1) is 11.9 Å². The van der Waals surface area contributed by atoms with Crippen LogP contribution in [-0.4, -0.2) is 65.4 Å². The Labute approximate surface area is 206 Å². The van der Waals surface area contributed by atoms with Crippen LogP contribution >= 0.6 is 0 Å². The van der Waals surface area contributed by atoms with Gasteiger partial charge in [0.25, 0.3) is 17.9 Å². The first-order chi connectivity index (χ1) is 14.5. The molecular formula is C17H24BFN4NaO8. The molecule has 12 nitrogen and oxygen atoms in total. The molecule has 1 aromatic rings. The number of carboxylic acid groups (broad SMARTS) is 1. The van der Waals surface area contributed by atoms with Crippen molar-refractivity contribution in [2.24, 2.45) is 0 Å². The Bertz CT molecular complexity index is 773. The van der Waals surface area contributed by atoms with Crippen LogP contribution in [0.3, 0.4) is 0 Å². The Hall–Kier alpha value is -2.58. The zero-order chi connectivity index (χ0) is 23.6. The summed E-state index contributed by atoms with van der Waals surface area (Å²) >= 11 is 0. The van der Waals surface area contributed by atoms with Gasteiger partial charge in [-0.15, -0.1) is 0 Å². The van der Waals surface area contributed by atoms with Crippen LogP contribution in [0.15, 0.2) is 12.3 Å². The summed E-state index contributed by atoms with van der Waals surface area (Å²) in [6, 6.07) is 1.39. The first-order valence-electron chi connectivity index (χ1n) is 9.15. The first-order valence-corrected chi connectivity index (χ1v) is 9.15. The van der Waals surface area contributed by atoms with Crippen LogP contribution in [0, 0.1) is 5.82 Å². The number of hydrogen-bond donors (Lipinski definition) is 3. The van der Waals surface area contributed by atoms with Crippen molar-refractivity contribution in [1.29, 1.82) is 0 Å². The maximum Gasteiger partial charge on any atom is 1.00 e. The van der Waals surface area contributed by atoms with E-state index in [1.54, 1.807) is 0 Å². The van der Waals surface area contributed by atoms with E-state index >= 15 is 0 Å². The number of hydrogen-bond acceptors (Lipinski definition) is 10. The Morgan fingerprint density at radius 2 is 1.59 bits per heavy atom. The van der Waals surface area contributed by atoms with Crippen LogP contribution in [0.1, 0.15) is 33.6 Å². The van der Waals surface area contributed by atoms with E-state index in [0.717, 1.165) is 27.0 Å². The third-order valence-electron chi connectivity index (χ3n) is 3.80. The van der Waals surface area contributed by atoms with E-state index in [4.69, 9.17) is 10.8 Å². The number of pyridine rings is 1. The van der Waals surface area contributed by atoms with Gasteiger partial charge < -0.3 is 35.0 Å². The van der Waals surface area contributed by atoms with Crippen LogP contribution in [-0.2, 0) is 28.3 Å². The second-order valence-electron chi connectivity index (χ2n) is 6.39. The average molecular weight is 465 g/mol. The number of carbonyl (C=O) groups excluding carboxylic acids is 3. The molecule has 0 spiro atoms. The molecular weight excluding hydrogens is 441 g/mol. The molecule has 171 valence electrons. The number of amides is 1. The molecule has 2 rings (SSSR count). The van der Waals surface area contributed by atoms with Crippen molar-refractivity contribution in [3.63, 3.8) is 0 Å². The maximum atomic E-state index is 13.0. The molecule has 1 amide bonds. The number of nitrogen functional groups attached to an aromatic ring is 1. The number of nitrogens with two attached hydrogens (primary N) is 1. The zero-order valence-corrected chi connectivity index (χ0v) is 20.3. The summed E-state index contributed by atoms with van der Waals surface area (Å²) in [5.74, 6) is -2.35. The van der Waals surface area contributed by atoms with Crippen molar-refractivity contribution >= 4 is 42.8 Å². The molecule has 0 saturated carbocycles. The van der Waals surface area contributed by atoms with Crippen molar-refractivity contribution in [2.45, 2.75) is 39.7 Å². The fourth-order valence-corrected chi connectivity index (χ4v) is 2.48. The van der Waals surface area contributed by atoms with Crippen molar-refractivity contribution in [3.8, 4) is 0 Å². The molecule has 1 aliphatic rings. The van der Waals surface area contributed by atoms with Gasteiger partial charge in [0.15, 0.2) is 0 Å². The van der Waals surface area contributed by atoms with Crippen molar-refractivity contribution < 1.29 is 72.2 Å². The number of nitrogens with zero attached hydrogens (tertiary/aromatic N) is 2. The molecule has 15 heteroatoms. The smallest absolute Gasteiger partial charge is 0.642 e.